The van der Waals surface area contributed by atoms with Gasteiger partial charge in [-0.25, -0.2) is 0 Å². The van der Waals surface area contributed by atoms with E-state index < -0.39 is 0 Å². The Hall–Kier alpha value is -2.00. The van der Waals surface area contributed by atoms with Crippen LogP contribution in [0.1, 0.15) is 25.5 Å². The molecule has 3 heteroatoms. The van der Waals surface area contributed by atoms with Crippen LogP contribution in [-0.2, 0) is 0 Å². The lowest BCUT2D eigenvalue weighted by Gasteiger charge is -2.26. The number of ether oxygens (including phenoxy) is 2. The molecule has 21 heavy (non-hydrogen) atoms. The predicted octanol–water partition coefficient (Wildman–Crippen LogP) is 3.81. The molecule has 0 bridgehead atoms. The fraction of sp³-hybridized carbons (Fsp3) is 0.333. The van der Waals surface area contributed by atoms with E-state index in [4.69, 9.17) is 9.47 Å². The van der Waals surface area contributed by atoms with Crippen molar-refractivity contribution < 1.29 is 9.47 Å². The fourth-order valence-corrected chi connectivity index (χ4v) is 2.39. The third kappa shape index (κ3) is 4.23. The number of benzene rings is 2. The van der Waals surface area contributed by atoms with Crippen LogP contribution in [0.15, 0.2) is 54.6 Å². The summed E-state index contributed by atoms with van der Waals surface area (Å²) in [6.45, 7) is 5.08. The van der Waals surface area contributed by atoms with Crippen molar-refractivity contribution in [2.75, 3.05) is 13.7 Å². The van der Waals surface area contributed by atoms with E-state index in [0.717, 1.165) is 18.0 Å². The Morgan fingerprint density at radius 2 is 1.71 bits per heavy atom. The average molecular weight is 285 g/mol. The lowest BCUT2D eigenvalue weighted by Crippen LogP contribution is -2.33. The van der Waals surface area contributed by atoms with Crippen molar-refractivity contribution in [2.45, 2.75) is 26.0 Å². The molecule has 0 radical (unpaired) electrons. The molecule has 0 spiro atoms. The van der Waals surface area contributed by atoms with Crippen molar-refractivity contribution in [2.24, 2.45) is 0 Å². The first-order valence-corrected chi connectivity index (χ1v) is 7.33. The topological polar surface area (TPSA) is 30.5 Å². The third-order valence-electron chi connectivity index (χ3n) is 3.42. The van der Waals surface area contributed by atoms with Crippen LogP contribution in [0.2, 0.25) is 0 Å². The Balaban J connectivity index is 2.13. The zero-order valence-corrected chi connectivity index (χ0v) is 12.9. The molecule has 3 nitrogen and oxygen atoms in total. The molecule has 2 rings (SSSR count). The number of methoxy groups -OCH3 is 1. The molecule has 2 unspecified atom stereocenters. The highest BCUT2D eigenvalue weighted by molar-refractivity contribution is 5.33. The quantitative estimate of drug-likeness (QED) is 0.839. The van der Waals surface area contributed by atoms with Crippen molar-refractivity contribution in [1.29, 1.82) is 0 Å². The maximum atomic E-state index is 6.08. The van der Waals surface area contributed by atoms with Gasteiger partial charge in [0.2, 0.25) is 0 Å². The van der Waals surface area contributed by atoms with Crippen molar-refractivity contribution in [3.63, 3.8) is 0 Å². The Morgan fingerprint density at radius 3 is 2.38 bits per heavy atom. The Kier molecular flexibility index (Phi) is 5.64. The minimum absolute atomic E-state index is 0.0134. The van der Waals surface area contributed by atoms with Crippen LogP contribution < -0.4 is 14.8 Å². The first-order valence-electron chi connectivity index (χ1n) is 7.33. The Labute approximate surface area is 126 Å². The van der Waals surface area contributed by atoms with Crippen LogP contribution in [0.25, 0.3) is 0 Å². The van der Waals surface area contributed by atoms with Gasteiger partial charge in [-0.2, -0.15) is 0 Å². The first-order chi connectivity index (χ1) is 10.2. The van der Waals surface area contributed by atoms with Crippen LogP contribution in [0.4, 0.5) is 0 Å². The molecule has 0 aromatic heterocycles. The Bertz CT molecular complexity index is 542. The van der Waals surface area contributed by atoms with Gasteiger partial charge < -0.3 is 14.8 Å². The summed E-state index contributed by atoms with van der Waals surface area (Å²) in [4.78, 5) is 0. The predicted molar refractivity (Wildman–Crippen MR) is 85.9 cm³/mol. The summed E-state index contributed by atoms with van der Waals surface area (Å²) in [5, 5.41) is 3.49. The van der Waals surface area contributed by atoms with E-state index in [2.05, 4.69) is 43.4 Å². The van der Waals surface area contributed by atoms with Gasteiger partial charge in [-0.05, 0) is 31.2 Å². The molecule has 1 N–H and O–H groups in total. The van der Waals surface area contributed by atoms with Crippen molar-refractivity contribution in [1.82, 2.24) is 5.32 Å². The van der Waals surface area contributed by atoms with Crippen molar-refractivity contribution in [3.05, 3.63) is 60.2 Å². The SMILES string of the molecule is CCNC(c1ccccc1)C(C)Oc1cccc(OC)c1. The summed E-state index contributed by atoms with van der Waals surface area (Å²) in [6.07, 6.45) is 0.0134. The lowest BCUT2D eigenvalue weighted by molar-refractivity contribution is 0.171. The second kappa shape index (κ2) is 7.70. The van der Waals surface area contributed by atoms with Crippen LogP contribution in [-0.4, -0.2) is 19.8 Å². The molecule has 0 aliphatic heterocycles. The van der Waals surface area contributed by atoms with Crippen LogP contribution in [0.3, 0.4) is 0 Å². The third-order valence-corrected chi connectivity index (χ3v) is 3.42. The molecule has 2 atom stereocenters. The number of likely N-dealkylation sites (N-methyl/N-ethyl adjacent to an activating group) is 1. The van der Waals surface area contributed by atoms with Crippen LogP contribution in [0, 0.1) is 0 Å². The van der Waals surface area contributed by atoms with Gasteiger partial charge in [0.15, 0.2) is 0 Å². The van der Waals surface area contributed by atoms with Crippen LogP contribution in [0.5, 0.6) is 11.5 Å². The molecule has 0 amide bonds. The molecular weight excluding hydrogens is 262 g/mol. The zero-order chi connectivity index (χ0) is 15.1. The van der Waals surface area contributed by atoms with Crippen molar-refractivity contribution in [3.8, 4) is 11.5 Å². The summed E-state index contributed by atoms with van der Waals surface area (Å²) in [7, 11) is 1.66. The zero-order valence-electron chi connectivity index (χ0n) is 12.9. The minimum atomic E-state index is 0.0134. The van der Waals surface area contributed by atoms with E-state index in [9.17, 15) is 0 Å². The summed E-state index contributed by atoms with van der Waals surface area (Å²) >= 11 is 0. The van der Waals surface area contributed by atoms with E-state index in [1.807, 2.05) is 30.3 Å². The second-order valence-electron chi connectivity index (χ2n) is 4.95. The number of nitrogens with one attached hydrogen (secondary N) is 1. The summed E-state index contributed by atoms with van der Waals surface area (Å²) in [6, 6.07) is 18.2. The van der Waals surface area contributed by atoms with E-state index in [1.165, 1.54) is 5.56 Å². The molecule has 2 aromatic rings. The standard InChI is InChI=1S/C18H23NO2/c1-4-19-18(15-9-6-5-7-10-15)14(2)21-17-12-8-11-16(13-17)20-3/h5-14,18-19H,4H2,1-3H3. The van der Waals surface area contributed by atoms with Gasteiger partial charge in [-0.15, -0.1) is 0 Å². The largest absolute Gasteiger partial charge is 0.497 e. The maximum absolute atomic E-state index is 6.08. The lowest BCUT2D eigenvalue weighted by atomic mass is 10.0. The molecule has 0 saturated heterocycles. The first kappa shape index (κ1) is 15.4. The highest BCUT2D eigenvalue weighted by Gasteiger charge is 2.19. The summed E-state index contributed by atoms with van der Waals surface area (Å²) in [5.41, 5.74) is 1.23. The molecule has 112 valence electrons. The van der Waals surface area contributed by atoms with Gasteiger partial charge >= 0.3 is 0 Å². The average Bonchev–Trinajstić information content (AvgIpc) is 2.53. The second-order valence-corrected chi connectivity index (χ2v) is 4.95. The highest BCUT2D eigenvalue weighted by atomic mass is 16.5. The normalized spacial score (nSPS) is 13.5. The van der Waals surface area contributed by atoms with Gasteiger partial charge in [0.25, 0.3) is 0 Å². The number of hydrogen-bond donors (Lipinski definition) is 1. The molecule has 0 saturated carbocycles. The van der Waals surface area contributed by atoms with Gasteiger partial charge in [0, 0.05) is 6.07 Å². The molecule has 0 aliphatic carbocycles. The Morgan fingerprint density at radius 1 is 1.00 bits per heavy atom. The maximum Gasteiger partial charge on any atom is 0.123 e. The van der Waals surface area contributed by atoms with Crippen LogP contribution >= 0.6 is 0 Å². The van der Waals surface area contributed by atoms with Gasteiger partial charge in [-0.1, -0.05) is 43.3 Å². The van der Waals surface area contributed by atoms with E-state index >= 15 is 0 Å². The summed E-state index contributed by atoms with van der Waals surface area (Å²) in [5.74, 6) is 1.63. The highest BCUT2D eigenvalue weighted by Crippen LogP contribution is 2.24. The van der Waals surface area contributed by atoms with E-state index in [1.54, 1.807) is 7.11 Å². The number of hydrogen-bond acceptors (Lipinski definition) is 3. The molecule has 2 aromatic carbocycles. The molecule has 0 aliphatic rings. The smallest absolute Gasteiger partial charge is 0.123 e. The summed E-state index contributed by atoms with van der Waals surface area (Å²) < 4.78 is 11.3. The monoisotopic (exact) mass is 285 g/mol. The number of rotatable bonds is 7. The van der Waals surface area contributed by atoms with Gasteiger partial charge in [0.05, 0.1) is 13.2 Å². The molecular formula is C18H23NO2. The fourth-order valence-electron chi connectivity index (χ4n) is 2.39. The van der Waals surface area contributed by atoms with E-state index in [-0.39, 0.29) is 12.1 Å². The molecule has 0 heterocycles. The minimum Gasteiger partial charge on any atom is -0.497 e. The van der Waals surface area contributed by atoms with E-state index in [0.29, 0.717) is 0 Å². The van der Waals surface area contributed by atoms with Gasteiger partial charge in [0.1, 0.15) is 17.6 Å². The molecule has 0 fully saturated rings. The van der Waals surface area contributed by atoms with Crippen molar-refractivity contribution >= 4 is 0 Å². The van der Waals surface area contributed by atoms with Gasteiger partial charge in [-0.3, -0.25) is 0 Å².